The van der Waals surface area contributed by atoms with Crippen molar-refractivity contribution in [1.29, 1.82) is 0 Å². The normalized spacial score (nSPS) is 17.2. The molecule has 230 valence electrons. The number of carbonyl (C=O) groups excluding carboxylic acids is 1. The molecule has 0 atom stereocenters. The van der Waals surface area contributed by atoms with Gasteiger partial charge in [-0.2, -0.15) is 17.5 Å². The van der Waals surface area contributed by atoms with Gasteiger partial charge in [0.2, 0.25) is 21.9 Å². The summed E-state index contributed by atoms with van der Waals surface area (Å²) in [5.74, 6) is -0.177. The lowest BCUT2D eigenvalue weighted by atomic mass is 10.0. The number of halogens is 3. The molecule has 2 saturated heterocycles. The van der Waals surface area contributed by atoms with Crippen LogP contribution in [0.4, 0.5) is 36.2 Å². The molecule has 0 bridgehead atoms. The van der Waals surface area contributed by atoms with Gasteiger partial charge in [0.1, 0.15) is 16.3 Å². The van der Waals surface area contributed by atoms with Crippen LogP contribution in [0.3, 0.4) is 0 Å². The minimum absolute atomic E-state index is 0.0843. The van der Waals surface area contributed by atoms with Crippen LogP contribution in [0.25, 0.3) is 0 Å². The summed E-state index contributed by atoms with van der Waals surface area (Å²) in [6.07, 6.45) is 0.0362. The fourth-order valence-corrected chi connectivity index (χ4v) is 7.09. The predicted molar refractivity (Wildman–Crippen MR) is 157 cm³/mol. The summed E-state index contributed by atoms with van der Waals surface area (Å²) < 4.78 is 71.5. The van der Waals surface area contributed by atoms with Crippen LogP contribution in [-0.2, 0) is 21.0 Å². The van der Waals surface area contributed by atoms with E-state index in [1.807, 2.05) is 14.1 Å². The van der Waals surface area contributed by atoms with Crippen molar-refractivity contribution in [3.8, 4) is 5.75 Å². The van der Waals surface area contributed by atoms with Crippen molar-refractivity contribution in [2.24, 2.45) is 0 Å². The molecule has 2 aromatic rings. The van der Waals surface area contributed by atoms with E-state index in [2.05, 4.69) is 37.0 Å². The Hall–Kier alpha value is -3.08. The number of thioether (sulfide) groups is 1. The van der Waals surface area contributed by atoms with Crippen molar-refractivity contribution in [2.75, 3.05) is 69.2 Å². The van der Waals surface area contributed by atoms with Crippen molar-refractivity contribution in [3.63, 3.8) is 0 Å². The topological polar surface area (TPSA) is 120 Å². The Labute approximate surface area is 247 Å². The van der Waals surface area contributed by atoms with Gasteiger partial charge in [-0.1, -0.05) is 18.3 Å². The number of sulfonamides is 1. The van der Waals surface area contributed by atoms with E-state index in [0.29, 0.717) is 29.4 Å². The summed E-state index contributed by atoms with van der Waals surface area (Å²) in [5.41, 5.74) is 0.503. The lowest BCUT2D eigenvalue weighted by Gasteiger charge is -2.37. The summed E-state index contributed by atoms with van der Waals surface area (Å²) in [6, 6.07) is 3.82. The number of methoxy groups -OCH3 is 1. The maximum absolute atomic E-state index is 13.8. The van der Waals surface area contributed by atoms with Crippen LogP contribution in [0, 0.1) is 0 Å². The molecule has 0 aliphatic carbocycles. The number of hydrogen-bond donors (Lipinski definition) is 2. The fraction of sp³-hybridized carbons (Fsp3) is 0.500. The molecular weight excluding hydrogens is 595 g/mol. The maximum atomic E-state index is 13.8. The van der Waals surface area contributed by atoms with Gasteiger partial charge in [0.05, 0.1) is 30.4 Å². The van der Waals surface area contributed by atoms with Crippen molar-refractivity contribution in [2.45, 2.75) is 35.3 Å². The van der Waals surface area contributed by atoms with Gasteiger partial charge in [-0.15, -0.1) is 0 Å². The van der Waals surface area contributed by atoms with Crippen LogP contribution in [0.15, 0.2) is 36.0 Å². The molecular formula is C26H34F3N7O4S2. The average Bonchev–Trinajstić information content (AvgIpc) is 2.89. The van der Waals surface area contributed by atoms with Gasteiger partial charge in [-0.05, 0) is 39.1 Å². The third-order valence-electron chi connectivity index (χ3n) is 7.16. The lowest BCUT2D eigenvalue weighted by molar-refractivity contribution is -0.140. The number of nitrogens with zero attached hydrogens (tertiary/aromatic N) is 5. The van der Waals surface area contributed by atoms with E-state index in [4.69, 9.17) is 4.74 Å². The van der Waals surface area contributed by atoms with Gasteiger partial charge < -0.3 is 25.2 Å². The van der Waals surface area contributed by atoms with Gasteiger partial charge in [-0.25, -0.2) is 18.4 Å². The molecule has 2 fully saturated rings. The van der Waals surface area contributed by atoms with Gasteiger partial charge >= 0.3 is 6.18 Å². The van der Waals surface area contributed by atoms with E-state index in [0.717, 1.165) is 55.7 Å². The first-order valence-corrected chi connectivity index (χ1v) is 15.8. The molecule has 1 aromatic carbocycles. The quantitative estimate of drug-likeness (QED) is 0.298. The Bertz CT molecular complexity index is 1430. The predicted octanol–water partition coefficient (Wildman–Crippen LogP) is 3.64. The molecule has 42 heavy (non-hydrogen) atoms. The first kappa shape index (κ1) is 31.8. The second-order valence-corrected chi connectivity index (χ2v) is 13.6. The zero-order chi connectivity index (χ0) is 30.8. The first-order chi connectivity index (χ1) is 19.7. The van der Waals surface area contributed by atoms with Crippen molar-refractivity contribution in [1.82, 2.24) is 19.2 Å². The maximum Gasteiger partial charge on any atom is 0.420 e. The zero-order valence-corrected chi connectivity index (χ0v) is 25.4. The molecule has 0 radical (unpaired) electrons. The fourth-order valence-electron chi connectivity index (χ4n) is 4.74. The summed E-state index contributed by atoms with van der Waals surface area (Å²) in [4.78, 5) is 24.7. The summed E-state index contributed by atoms with van der Waals surface area (Å²) in [6.45, 7) is 5.18. The standard InChI is InChI=1S/C26H34F3N7O4S2/c1-6-23(37)31-19-11-20(22(40-4)12-21(19)35-9-7-16(8-10-35)34(2)3)32-25-30-13-18(26(27,28)29)24(33-25)41-17-14-36(15-17)42(5,38)39/h6,11-13,16-17H,1,7-10,14-15H2,2-5H3,(H,31,37)(H,30,32,33). The lowest BCUT2D eigenvalue weighted by Crippen LogP contribution is -2.51. The second-order valence-electron chi connectivity index (χ2n) is 10.3. The molecule has 0 saturated carbocycles. The Balaban J connectivity index is 1.64. The number of alkyl halides is 3. The molecule has 16 heteroatoms. The minimum Gasteiger partial charge on any atom is -0.494 e. The smallest absolute Gasteiger partial charge is 0.420 e. The highest BCUT2D eigenvalue weighted by Gasteiger charge is 2.39. The second kappa shape index (κ2) is 12.7. The summed E-state index contributed by atoms with van der Waals surface area (Å²) in [7, 11) is 2.13. The first-order valence-electron chi connectivity index (χ1n) is 13.1. The monoisotopic (exact) mass is 629 g/mol. The minimum atomic E-state index is -4.71. The van der Waals surface area contributed by atoms with Crippen molar-refractivity contribution < 1.29 is 31.1 Å². The number of rotatable bonds is 10. The molecule has 4 rings (SSSR count). The van der Waals surface area contributed by atoms with E-state index in [9.17, 15) is 26.4 Å². The van der Waals surface area contributed by atoms with E-state index in [-0.39, 0.29) is 24.1 Å². The molecule has 2 N–H and O–H groups in total. The number of aromatic nitrogens is 2. The zero-order valence-electron chi connectivity index (χ0n) is 23.7. The largest absolute Gasteiger partial charge is 0.494 e. The number of hydrogen-bond acceptors (Lipinski definition) is 10. The molecule has 2 aliphatic heterocycles. The number of ether oxygens (including phenoxy) is 1. The number of amides is 1. The third kappa shape index (κ3) is 7.46. The molecule has 3 heterocycles. The van der Waals surface area contributed by atoms with E-state index in [1.54, 1.807) is 12.1 Å². The van der Waals surface area contributed by atoms with Gasteiger partial charge in [0.15, 0.2) is 0 Å². The Morgan fingerprint density at radius 1 is 1.21 bits per heavy atom. The van der Waals surface area contributed by atoms with Crippen molar-refractivity contribution in [3.05, 3.63) is 36.5 Å². The highest BCUT2D eigenvalue weighted by molar-refractivity contribution is 8.00. The Kier molecular flexibility index (Phi) is 9.59. The molecule has 1 amide bonds. The Morgan fingerprint density at radius 3 is 2.43 bits per heavy atom. The number of anilines is 4. The van der Waals surface area contributed by atoms with Gasteiger partial charge in [-0.3, -0.25) is 4.79 Å². The summed E-state index contributed by atoms with van der Waals surface area (Å²) in [5, 5.41) is 5.03. The third-order valence-corrected chi connectivity index (χ3v) is 9.57. The molecule has 0 spiro atoms. The van der Waals surface area contributed by atoms with Gasteiger partial charge in [0, 0.05) is 49.7 Å². The highest BCUT2D eigenvalue weighted by atomic mass is 32.2. The Morgan fingerprint density at radius 2 is 1.88 bits per heavy atom. The number of piperidine rings is 1. The van der Waals surface area contributed by atoms with Crippen LogP contribution < -0.4 is 20.3 Å². The number of carbonyl (C=O) groups is 1. The van der Waals surface area contributed by atoms with Gasteiger partial charge in [0.25, 0.3) is 0 Å². The van der Waals surface area contributed by atoms with Crippen LogP contribution in [-0.4, -0.2) is 98.4 Å². The number of benzene rings is 1. The summed E-state index contributed by atoms with van der Waals surface area (Å²) >= 11 is 0.850. The highest BCUT2D eigenvalue weighted by Crippen LogP contribution is 2.42. The van der Waals surface area contributed by atoms with E-state index >= 15 is 0 Å². The van der Waals surface area contributed by atoms with Crippen LogP contribution in [0.2, 0.25) is 0 Å². The van der Waals surface area contributed by atoms with Crippen LogP contribution >= 0.6 is 11.8 Å². The van der Waals surface area contributed by atoms with E-state index < -0.39 is 32.9 Å². The average molecular weight is 630 g/mol. The SMILES string of the molecule is C=CC(=O)Nc1cc(Nc2ncc(C(F)(F)F)c(SC3CN(S(C)(=O)=O)C3)n2)c(OC)cc1N1CCC(N(C)C)CC1. The van der Waals surface area contributed by atoms with E-state index in [1.165, 1.54) is 11.4 Å². The van der Waals surface area contributed by atoms with Crippen LogP contribution in [0.1, 0.15) is 18.4 Å². The van der Waals surface area contributed by atoms with Crippen LogP contribution in [0.5, 0.6) is 5.75 Å². The number of nitrogens with one attached hydrogen (secondary N) is 2. The molecule has 1 aromatic heterocycles. The molecule has 11 nitrogen and oxygen atoms in total. The molecule has 2 aliphatic rings. The molecule has 0 unspecified atom stereocenters. The van der Waals surface area contributed by atoms with Crippen molar-refractivity contribution >= 4 is 50.7 Å².